The molecule has 2 aliphatic heterocycles. The zero-order valence-electron chi connectivity index (χ0n) is 17.2. The highest BCUT2D eigenvalue weighted by atomic mass is 35.5. The highest BCUT2D eigenvalue weighted by Gasteiger charge is 2.52. The quantitative estimate of drug-likeness (QED) is 0.706. The van der Waals surface area contributed by atoms with Gasteiger partial charge in [-0.15, -0.1) is 0 Å². The van der Waals surface area contributed by atoms with Gasteiger partial charge in [0.1, 0.15) is 11.4 Å². The van der Waals surface area contributed by atoms with Gasteiger partial charge in [0.25, 0.3) is 5.91 Å². The molecule has 8 nitrogen and oxygen atoms in total. The molecular weight excluding hydrogens is 446 g/mol. The second-order valence-corrected chi connectivity index (χ2v) is 8.98. The fraction of sp³-hybridized carbons (Fsp3) is 0.476. The van der Waals surface area contributed by atoms with E-state index in [9.17, 15) is 18.4 Å². The minimum Gasteiger partial charge on any atom is -0.441 e. The van der Waals surface area contributed by atoms with Crippen LogP contribution in [0.4, 0.5) is 13.6 Å². The maximum atomic E-state index is 13.3. The van der Waals surface area contributed by atoms with Crippen molar-refractivity contribution in [2.75, 3.05) is 13.1 Å². The lowest BCUT2D eigenvalue weighted by molar-refractivity contribution is -0.0555. The van der Waals surface area contributed by atoms with Crippen LogP contribution in [-0.2, 0) is 18.2 Å². The number of benzene rings is 1. The average molecular weight is 467 g/mol. The third-order valence-electron chi connectivity index (χ3n) is 6.51. The van der Waals surface area contributed by atoms with E-state index in [1.54, 1.807) is 16.6 Å². The molecule has 1 atom stereocenters. The van der Waals surface area contributed by atoms with Crippen molar-refractivity contribution in [3.05, 3.63) is 46.2 Å². The fourth-order valence-electron chi connectivity index (χ4n) is 5.06. The van der Waals surface area contributed by atoms with Gasteiger partial charge in [-0.05, 0) is 42.5 Å². The lowest BCUT2D eigenvalue weighted by Crippen LogP contribution is -2.51. The second kappa shape index (κ2) is 7.61. The van der Waals surface area contributed by atoms with Crippen molar-refractivity contribution in [3.8, 4) is 5.75 Å². The molecule has 1 saturated carbocycles. The Labute approximate surface area is 187 Å². The maximum absolute atomic E-state index is 13.3. The molecule has 1 N–H and O–H groups in total. The number of amides is 2. The summed E-state index contributed by atoms with van der Waals surface area (Å²) in [5.41, 5.74) is 1.32. The summed E-state index contributed by atoms with van der Waals surface area (Å²) in [4.78, 5) is 26.4. The molecule has 32 heavy (non-hydrogen) atoms. The molecule has 1 aliphatic carbocycles. The van der Waals surface area contributed by atoms with Gasteiger partial charge in [0.05, 0.1) is 29.5 Å². The molecule has 2 fully saturated rings. The van der Waals surface area contributed by atoms with Gasteiger partial charge in [0.2, 0.25) is 0 Å². The molecule has 0 radical (unpaired) electrons. The Morgan fingerprint density at radius 1 is 1.38 bits per heavy atom. The number of nitrogens with zero attached hydrogens (tertiary/aromatic N) is 3. The largest absolute Gasteiger partial charge is 0.441 e. The Morgan fingerprint density at radius 3 is 2.78 bits per heavy atom. The Morgan fingerprint density at radius 2 is 2.16 bits per heavy atom. The van der Waals surface area contributed by atoms with E-state index in [1.807, 2.05) is 0 Å². The summed E-state index contributed by atoms with van der Waals surface area (Å²) in [6, 6.07) is 3.99. The summed E-state index contributed by atoms with van der Waals surface area (Å²) < 4.78 is 37.1. The van der Waals surface area contributed by atoms with Gasteiger partial charge in [-0.25, -0.2) is 4.79 Å². The second-order valence-electron chi connectivity index (χ2n) is 8.57. The zero-order valence-corrected chi connectivity index (χ0v) is 17.9. The first kappa shape index (κ1) is 21.0. The number of fused-ring (bicyclic) bond motifs is 1. The number of hydrogen-bond acceptors (Lipinski definition) is 5. The summed E-state index contributed by atoms with van der Waals surface area (Å²) >= 11 is 6.31. The Kier molecular flexibility index (Phi) is 4.99. The Hall–Kier alpha value is -2.88. The number of ether oxygens (including phenoxy) is 2. The van der Waals surface area contributed by atoms with E-state index >= 15 is 0 Å². The number of alkyl carbamates (subject to hydrolysis) is 1. The van der Waals surface area contributed by atoms with Gasteiger partial charge in [-0.3, -0.25) is 9.48 Å². The molecular formula is C21H21ClF2N4O4. The van der Waals surface area contributed by atoms with Crippen molar-refractivity contribution in [2.24, 2.45) is 13.0 Å². The predicted molar refractivity (Wildman–Crippen MR) is 109 cm³/mol. The number of carbonyl (C=O) groups excluding carboxylic acids is 2. The number of nitrogens with one attached hydrogen (secondary N) is 1. The van der Waals surface area contributed by atoms with Gasteiger partial charge < -0.3 is 19.7 Å². The summed E-state index contributed by atoms with van der Waals surface area (Å²) in [6.45, 7) is -2.03. The van der Waals surface area contributed by atoms with E-state index in [-0.39, 0.29) is 17.6 Å². The van der Waals surface area contributed by atoms with Crippen molar-refractivity contribution < 1.29 is 27.8 Å². The van der Waals surface area contributed by atoms with E-state index in [1.165, 1.54) is 24.4 Å². The molecule has 1 unspecified atom stereocenters. The molecule has 0 bridgehead atoms. The molecule has 5 rings (SSSR count). The number of carbonyl (C=O) groups is 2. The zero-order chi connectivity index (χ0) is 22.6. The maximum Gasteiger partial charge on any atom is 0.407 e. The van der Waals surface area contributed by atoms with Crippen LogP contribution in [0.5, 0.6) is 5.75 Å². The SMILES string of the molecule is Cn1ncc(Cl)c1CC1c2cc(OC(F)F)ccc2C(=O)N1CC1CC2(CNC(=O)O2)C1. The number of aromatic nitrogens is 2. The minimum atomic E-state index is -2.96. The average Bonchev–Trinajstić information content (AvgIpc) is 3.33. The fourth-order valence-corrected chi connectivity index (χ4v) is 5.30. The van der Waals surface area contributed by atoms with Crippen molar-refractivity contribution in [1.82, 2.24) is 20.0 Å². The van der Waals surface area contributed by atoms with Crippen LogP contribution in [0.25, 0.3) is 0 Å². The topological polar surface area (TPSA) is 85.7 Å². The first-order chi connectivity index (χ1) is 15.2. The number of hydrogen-bond donors (Lipinski definition) is 1. The van der Waals surface area contributed by atoms with E-state index in [4.69, 9.17) is 16.3 Å². The van der Waals surface area contributed by atoms with Gasteiger partial charge in [-0.1, -0.05) is 11.6 Å². The van der Waals surface area contributed by atoms with E-state index in [2.05, 4.69) is 15.2 Å². The van der Waals surface area contributed by atoms with Gasteiger partial charge >= 0.3 is 12.7 Å². The summed E-state index contributed by atoms with van der Waals surface area (Å²) in [6.07, 6.45) is 2.81. The van der Waals surface area contributed by atoms with E-state index in [0.717, 1.165) is 5.69 Å². The minimum absolute atomic E-state index is 0.000965. The summed E-state index contributed by atoms with van der Waals surface area (Å²) in [7, 11) is 1.76. The molecule has 170 valence electrons. The van der Waals surface area contributed by atoms with Crippen molar-refractivity contribution in [2.45, 2.75) is 37.5 Å². The molecule has 11 heteroatoms. The van der Waals surface area contributed by atoms with Crippen LogP contribution in [-0.4, -0.2) is 52.0 Å². The van der Waals surface area contributed by atoms with Crippen molar-refractivity contribution in [1.29, 1.82) is 0 Å². The Balaban J connectivity index is 1.42. The summed E-state index contributed by atoms with van der Waals surface area (Å²) in [5, 5.41) is 7.31. The van der Waals surface area contributed by atoms with Crippen LogP contribution in [0.1, 0.15) is 40.5 Å². The first-order valence-corrected chi connectivity index (χ1v) is 10.7. The highest BCUT2D eigenvalue weighted by molar-refractivity contribution is 6.31. The number of rotatable bonds is 6. The van der Waals surface area contributed by atoms with Gasteiger partial charge in [0, 0.05) is 25.6 Å². The third-order valence-corrected chi connectivity index (χ3v) is 6.83. The van der Waals surface area contributed by atoms with Gasteiger partial charge in [-0.2, -0.15) is 13.9 Å². The molecule has 3 aliphatic rings. The normalized spacial score (nSPS) is 26.3. The van der Waals surface area contributed by atoms with Crippen LogP contribution in [0.3, 0.4) is 0 Å². The molecule has 2 aromatic rings. The predicted octanol–water partition coefficient (Wildman–Crippen LogP) is 3.30. The lowest BCUT2D eigenvalue weighted by Gasteiger charge is -2.44. The number of halogens is 3. The van der Waals surface area contributed by atoms with Crippen LogP contribution in [0.15, 0.2) is 24.4 Å². The number of alkyl halides is 2. The number of aryl methyl sites for hydroxylation is 1. The monoisotopic (exact) mass is 466 g/mol. The molecule has 1 aromatic heterocycles. The van der Waals surface area contributed by atoms with Crippen LogP contribution in [0.2, 0.25) is 5.02 Å². The van der Waals surface area contributed by atoms with Gasteiger partial charge in [0.15, 0.2) is 0 Å². The Bertz CT molecular complexity index is 1070. The first-order valence-electron chi connectivity index (χ1n) is 10.3. The van der Waals surface area contributed by atoms with Crippen LogP contribution in [0, 0.1) is 5.92 Å². The standard InChI is InChI=1S/C21H21ClF2N4O4/c1-27-17(15(22)8-26-27)5-16-14-4-12(31-19(23)24)2-3-13(14)18(29)28(16)9-11-6-21(7-11)10-25-20(30)32-21/h2-4,8,11,16,19H,5-7,9-10H2,1H3,(H,25,30). The molecule has 3 heterocycles. The molecule has 2 amide bonds. The smallest absolute Gasteiger partial charge is 0.407 e. The van der Waals surface area contributed by atoms with Crippen LogP contribution < -0.4 is 10.1 Å². The molecule has 1 saturated heterocycles. The lowest BCUT2D eigenvalue weighted by atomic mass is 9.70. The van der Waals surface area contributed by atoms with E-state index < -0.39 is 24.3 Å². The van der Waals surface area contributed by atoms with Crippen molar-refractivity contribution >= 4 is 23.6 Å². The summed E-state index contributed by atoms with van der Waals surface area (Å²) in [5.74, 6) is -0.0160. The van der Waals surface area contributed by atoms with Crippen LogP contribution >= 0.6 is 11.6 Å². The van der Waals surface area contributed by atoms with Crippen molar-refractivity contribution in [3.63, 3.8) is 0 Å². The van der Waals surface area contributed by atoms with E-state index in [0.29, 0.717) is 48.5 Å². The molecule has 1 spiro atoms. The highest BCUT2D eigenvalue weighted by Crippen LogP contribution is 2.46. The third kappa shape index (κ3) is 3.56. The molecule has 1 aromatic carbocycles.